The molecule has 0 unspecified atom stereocenters. The van der Waals surface area contributed by atoms with Crippen LogP contribution in [0.1, 0.15) is 40.9 Å². The molecule has 9 nitrogen and oxygen atoms in total. The van der Waals surface area contributed by atoms with E-state index >= 15 is 0 Å². The molecule has 4 heterocycles. The van der Waals surface area contributed by atoms with Crippen LogP contribution >= 0.6 is 11.3 Å². The van der Waals surface area contributed by atoms with Crippen LogP contribution in [0.3, 0.4) is 0 Å². The number of nitrogens with zero attached hydrogens (tertiary/aromatic N) is 5. The third kappa shape index (κ3) is 3.83. The number of thiophene rings is 1. The maximum Gasteiger partial charge on any atom is 0.346 e. The standard InChI is InChI=1S/C18H25N5O4S2/c1-13-14-16(19-12-20-17(14)28-15(13)18(24)25)21-6-5-9-23(11-10-21)29(26,27)22-7-3-2-4-8-22/h12H,2-11H2,1H3,(H,24,25). The van der Waals surface area contributed by atoms with Crippen LogP contribution in [0.2, 0.25) is 0 Å². The Morgan fingerprint density at radius 3 is 2.41 bits per heavy atom. The van der Waals surface area contributed by atoms with Crippen LogP contribution in [0, 0.1) is 6.92 Å². The Bertz CT molecular complexity index is 1020. The number of piperidine rings is 1. The molecular formula is C18H25N5O4S2. The molecule has 0 spiro atoms. The molecule has 0 saturated carbocycles. The van der Waals surface area contributed by atoms with E-state index in [4.69, 9.17) is 0 Å². The number of carboxylic acid groups (broad SMARTS) is 1. The van der Waals surface area contributed by atoms with E-state index in [2.05, 4.69) is 14.9 Å². The van der Waals surface area contributed by atoms with Gasteiger partial charge >= 0.3 is 5.97 Å². The van der Waals surface area contributed by atoms with Crippen LogP contribution in [0.15, 0.2) is 6.33 Å². The van der Waals surface area contributed by atoms with Crippen molar-refractivity contribution < 1.29 is 18.3 Å². The summed E-state index contributed by atoms with van der Waals surface area (Å²) in [5.74, 6) is -0.278. The number of aromatic carboxylic acids is 1. The van der Waals surface area contributed by atoms with Crippen LogP contribution in [-0.4, -0.2) is 77.3 Å². The Balaban J connectivity index is 1.58. The molecule has 2 aromatic heterocycles. The molecule has 2 fully saturated rings. The Morgan fingerprint density at radius 1 is 1.00 bits per heavy atom. The van der Waals surface area contributed by atoms with Gasteiger partial charge in [0.25, 0.3) is 10.2 Å². The molecule has 158 valence electrons. The molecule has 0 aromatic carbocycles. The van der Waals surface area contributed by atoms with Gasteiger partial charge in [0.1, 0.15) is 21.9 Å². The highest BCUT2D eigenvalue weighted by molar-refractivity contribution is 7.86. The molecule has 2 aromatic rings. The van der Waals surface area contributed by atoms with Crippen molar-refractivity contribution in [1.82, 2.24) is 18.6 Å². The van der Waals surface area contributed by atoms with E-state index in [-0.39, 0.29) is 4.88 Å². The minimum atomic E-state index is -3.44. The minimum Gasteiger partial charge on any atom is -0.477 e. The molecule has 0 atom stereocenters. The van der Waals surface area contributed by atoms with Gasteiger partial charge in [-0.1, -0.05) is 6.42 Å². The van der Waals surface area contributed by atoms with Gasteiger partial charge in [0, 0.05) is 39.3 Å². The lowest BCUT2D eigenvalue weighted by molar-refractivity contribution is 0.0701. The molecule has 0 aliphatic carbocycles. The number of hydrogen-bond donors (Lipinski definition) is 1. The molecule has 2 saturated heterocycles. The van der Waals surface area contributed by atoms with Gasteiger partial charge in [-0.05, 0) is 31.7 Å². The van der Waals surface area contributed by atoms with Crippen molar-refractivity contribution in [2.45, 2.75) is 32.6 Å². The van der Waals surface area contributed by atoms with Crippen LogP contribution < -0.4 is 4.90 Å². The summed E-state index contributed by atoms with van der Waals surface area (Å²) in [7, 11) is -3.44. The zero-order chi connectivity index (χ0) is 20.6. The number of hydrogen-bond acceptors (Lipinski definition) is 7. The van der Waals surface area contributed by atoms with Gasteiger partial charge in [0.2, 0.25) is 0 Å². The Kier molecular flexibility index (Phi) is 5.74. The van der Waals surface area contributed by atoms with E-state index in [1.165, 1.54) is 6.33 Å². The first-order valence-corrected chi connectivity index (χ1v) is 12.1. The molecule has 1 N–H and O–H groups in total. The first-order chi connectivity index (χ1) is 13.9. The van der Waals surface area contributed by atoms with E-state index in [9.17, 15) is 18.3 Å². The van der Waals surface area contributed by atoms with Crippen molar-refractivity contribution in [2.24, 2.45) is 0 Å². The number of aryl methyl sites for hydroxylation is 1. The third-order valence-corrected chi connectivity index (χ3v) is 8.85. The number of aromatic nitrogens is 2. The maximum absolute atomic E-state index is 13.0. The molecule has 0 amide bonds. The predicted octanol–water partition coefficient (Wildman–Crippen LogP) is 1.94. The summed E-state index contributed by atoms with van der Waals surface area (Å²) < 4.78 is 29.2. The molecule has 29 heavy (non-hydrogen) atoms. The second-order valence-electron chi connectivity index (χ2n) is 7.45. The van der Waals surface area contributed by atoms with Crippen LogP contribution in [0.25, 0.3) is 10.2 Å². The van der Waals surface area contributed by atoms with Crippen molar-refractivity contribution in [3.63, 3.8) is 0 Å². The number of rotatable bonds is 4. The van der Waals surface area contributed by atoms with Crippen molar-refractivity contribution in [2.75, 3.05) is 44.2 Å². The summed E-state index contributed by atoms with van der Waals surface area (Å²) in [5, 5.41) is 10.2. The smallest absolute Gasteiger partial charge is 0.346 e. The average molecular weight is 440 g/mol. The first-order valence-electron chi connectivity index (χ1n) is 9.87. The Hall–Kier alpha value is -1.82. The molecule has 4 rings (SSSR count). The molecule has 2 aliphatic heterocycles. The fourth-order valence-corrected chi connectivity index (χ4v) is 6.79. The van der Waals surface area contributed by atoms with Crippen LogP contribution in [0.5, 0.6) is 0 Å². The topological polar surface area (TPSA) is 107 Å². The lowest BCUT2D eigenvalue weighted by Gasteiger charge is -2.31. The molecule has 0 bridgehead atoms. The third-order valence-electron chi connectivity index (χ3n) is 5.62. The van der Waals surface area contributed by atoms with Gasteiger partial charge in [0.05, 0.1) is 5.39 Å². The minimum absolute atomic E-state index is 0.269. The monoisotopic (exact) mass is 439 g/mol. The van der Waals surface area contributed by atoms with Crippen LogP contribution in [0.4, 0.5) is 5.82 Å². The van der Waals surface area contributed by atoms with Gasteiger partial charge in [-0.3, -0.25) is 0 Å². The van der Waals surface area contributed by atoms with Gasteiger partial charge in [-0.15, -0.1) is 11.3 Å². The SMILES string of the molecule is Cc1c(C(=O)O)sc2ncnc(N3CCCN(S(=O)(=O)N4CCCCC4)CC3)c12. The first kappa shape index (κ1) is 20.5. The fourth-order valence-electron chi connectivity index (χ4n) is 4.09. The van der Waals surface area contributed by atoms with E-state index in [1.54, 1.807) is 15.5 Å². The largest absolute Gasteiger partial charge is 0.477 e. The van der Waals surface area contributed by atoms with Gasteiger partial charge in [0.15, 0.2) is 0 Å². The summed E-state index contributed by atoms with van der Waals surface area (Å²) in [6.45, 7) is 5.01. The summed E-state index contributed by atoms with van der Waals surface area (Å²) in [6, 6.07) is 0. The quantitative estimate of drug-likeness (QED) is 0.776. The number of fused-ring (bicyclic) bond motifs is 1. The lowest BCUT2D eigenvalue weighted by Crippen LogP contribution is -2.47. The van der Waals surface area contributed by atoms with Crippen LogP contribution in [-0.2, 0) is 10.2 Å². The zero-order valence-corrected chi connectivity index (χ0v) is 18.0. The predicted molar refractivity (Wildman–Crippen MR) is 112 cm³/mol. The van der Waals surface area contributed by atoms with E-state index in [0.717, 1.165) is 36.0 Å². The molecule has 11 heteroatoms. The zero-order valence-electron chi connectivity index (χ0n) is 16.4. The summed E-state index contributed by atoms with van der Waals surface area (Å²) in [4.78, 5) is 23.2. The Morgan fingerprint density at radius 2 is 1.69 bits per heavy atom. The summed E-state index contributed by atoms with van der Waals surface area (Å²) in [6.07, 6.45) is 5.06. The molecule has 2 aliphatic rings. The normalized spacial score (nSPS) is 20.1. The maximum atomic E-state index is 13.0. The van der Waals surface area contributed by atoms with Crippen molar-refractivity contribution in [3.05, 3.63) is 16.8 Å². The number of carbonyl (C=O) groups is 1. The number of carboxylic acids is 1. The van der Waals surface area contributed by atoms with Crippen molar-refractivity contribution in [1.29, 1.82) is 0 Å². The second kappa shape index (κ2) is 8.13. The van der Waals surface area contributed by atoms with Gasteiger partial charge in [-0.25, -0.2) is 14.8 Å². The van der Waals surface area contributed by atoms with Crippen molar-refractivity contribution in [3.8, 4) is 0 Å². The Labute approximate surface area is 174 Å². The highest BCUT2D eigenvalue weighted by Gasteiger charge is 2.32. The summed E-state index contributed by atoms with van der Waals surface area (Å²) >= 11 is 1.15. The lowest BCUT2D eigenvalue weighted by atomic mass is 10.2. The highest BCUT2D eigenvalue weighted by atomic mass is 32.2. The van der Waals surface area contributed by atoms with E-state index < -0.39 is 16.2 Å². The average Bonchev–Trinajstić information content (AvgIpc) is 2.90. The highest BCUT2D eigenvalue weighted by Crippen LogP contribution is 2.35. The fraction of sp³-hybridized carbons (Fsp3) is 0.611. The number of anilines is 1. The van der Waals surface area contributed by atoms with Gasteiger partial charge < -0.3 is 10.0 Å². The van der Waals surface area contributed by atoms with E-state index in [1.807, 2.05) is 0 Å². The second-order valence-corrected chi connectivity index (χ2v) is 10.4. The molecule has 0 radical (unpaired) electrons. The van der Waals surface area contributed by atoms with Gasteiger partial charge in [-0.2, -0.15) is 17.0 Å². The molecular weight excluding hydrogens is 414 g/mol. The summed E-state index contributed by atoms with van der Waals surface area (Å²) in [5.41, 5.74) is 0.662. The van der Waals surface area contributed by atoms with Crippen molar-refractivity contribution >= 4 is 43.5 Å². The van der Waals surface area contributed by atoms with E-state index in [0.29, 0.717) is 61.9 Å².